The van der Waals surface area contributed by atoms with Gasteiger partial charge < -0.3 is 10.2 Å². The van der Waals surface area contributed by atoms with Gasteiger partial charge in [-0.3, -0.25) is 4.79 Å². The molecule has 0 aromatic heterocycles. The van der Waals surface area contributed by atoms with Gasteiger partial charge in [-0.25, -0.2) is 0 Å². The Kier molecular flexibility index (Phi) is 3.47. The molecule has 1 rings (SSSR count). The highest BCUT2D eigenvalue weighted by molar-refractivity contribution is 9.11. The lowest BCUT2D eigenvalue weighted by molar-refractivity contribution is 0.0903. The van der Waals surface area contributed by atoms with E-state index in [-0.39, 0.29) is 11.5 Å². The second kappa shape index (κ2) is 4.21. The van der Waals surface area contributed by atoms with Gasteiger partial charge in [-0.15, -0.1) is 0 Å². The van der Waals surface area contributed by atoms with Crippen LogP contribution in [0.15, 0.2) is 21.1 Å². The molecule has 1 aromatic rings. The summed E-state index contributed by atoms with van der Waals surface area (Å²) in [5.41, 5.74) is 0.346. The third-order valence-electron chi connectivity index (χ3n) is 1.48. The lowest BCUT2D eigenvalue weighted by Crippen LogP contribution is -2.04. The predicted molar refractivity (Wildman–Crippen MR) is 54.9 cm³/mol. The van der Waals surface area contributed by atoms with Gasteiger partial charge in [0.2, 0.25) is 0 Å². The maximum Gasteiger partial charge on any atom is 0.188 e. The van der Waals surface area contributed by atoms with Crippen molar-refractivity contribution < 1.29 is 15.0 Å². The number of benzene rings is 1. The summed E-state index contributed by atoms with van der Waals surface area (Å²) in [4.78, 5) is 11.1. The maximum atomic E-state index is 11.1. The average Bonchev–Trinajstić information content (AvgIpc) is 2.12. The second-order valence-electron chi connectivity index (χ2n) is 2.37. The number of rotatable bonds is 2. The molecule has 13 heavy (non-hydrogen) atoms. The first kappa shape index (κ1) is 10.7. The smallest absolute Gasteiger partial charge is 0.188 e. The Bertz CT molecular complexity index is 326. The zero-order valence-electron chi connectivity index (χ0n) is 6.42. The number of phenolic OH excluding ortho intramolecular Hbond substituents is 1. The first-order valence-electron chi connectivity index (χ1n) is 3.38. The van der Waals surface area contributed by atoms with Gasteiger partial charge in [0.25, 0.3) is 0 Å². The van der Waals surface area contributed by atoms with Gasteiger partial charge in [-0.05, 0) is 44.0 Å². The Labute approximate surface area is 91.6 Å². The fourth-order valence-corrected chi connectivity index (χ4v) is 2.00. The SMILES string of the molecule is O=C(CO)c1cc(Br)c(O)c(Br)c1. The van der Waals surface area contributed by atoms with Crippen LogP contribution < -0.4 is 0 Å². The quantitative estimate of drug-likeness (QED) is 0.823. The van der Waals surface area contributed by atoms with Crippen molar-refractivity contribution in [3.8, 4) is 5.75 Å². The number of phenols is 1. The summed E-state index contributed by atoms with van der Waals surface area (Å²) in [6, 6.07) is 2.91. The number of carbonyl (C=O) groups is 1. The molecule has 3 nitrogen and oxygen atoms in total. The molecular formula is C8H6Br2O3. The molecular weight excluding hydrogens is 304 g/mol. The lowest BCUT2D eigenvalue weighted by atomic mass is 10.1. The number of aromatic hydroxyl groups is 1. The van der Waals surface area contributed by atoms with Crippen molar-refractivity contribution in [2.75, 3.05) is 6.61 Å². The first-order valence-corrected chi connectivity index (χ1v) is 4.97. The van der Waals surface area contributed by atoms with Crippen molar-refractivity contribution in [3.05, 3.63) is 26.6 Å². The van der Waals surface area contributed by atoms with E-state index in [1.165, 1.54) is 12.1 Å². The van der Waals surface area contributed by atoms with Gasteiger partial charge in [0.05, 0.1) is 8.95 Å². The largest absolute Gasteiger partial charge is 0.506 e. The molecule has 0 saturated heterocycles. The van der Waals surface area contributed by atoms with Crippen molar-refractivity contribution in [3.63, 3.8) is 0 Å². The molecule has 0 fully saturated rings. The highest BCUT2D eigenvalue weighted by atomic mass is 79.9. The summed E-state index contributed by atoms with van der Waals surface area (Å²) >= 11 is 6.16. The van der Waals surface area contributed by atoms with E-state index < -0.39 is 6.61 Å². The van der Waals surface area contributed by atoms with Gasteiger partial charge >= 0.3 is 0 Å². The number of ketones is 1. The summed E-state index contributed by atoms with van der Waals surface area (Å²) in [5.74, 6) is -0.351. The minimum Gasteiger partial charge on any atom is -0.506 e. The zero-order chi connectivity index (χ0) is 10.0. The van der Waals surface area contributed by atoms with E-state index in [2.05, 4.69) is 31.9 Å². The van der Waals surface area contributed by atoms with E-state index in [9.17, 15) is 9.90 Å². The lowest BCUT2D eigenvalue weighted by Gasteiger charge is -2.03. The Balaban J connectivity index is 3.20. The number of Topliss-reactive ketones (excluding diaryl/α,β-unsaturated/α-hetero) is 1. The molecule has 0 bridgehead atoms. The van der Waals surface area contributed by atoms with Crippen LogP contribution in [-0.4, -0.2) is 22.6 Å². The maximum absolute atomic E-state index is 11.1. The molecule has 0 aliphatic carbocycles. The van der Waals surface area contributed by atoms with Crippen molar-refractivity contribution in [1.82, 2.24) is 0 Å². The molecule has 70 valence electrons. The van der Waals surface area contributed by atoms with Crippen molar-refractivity contribution >= 4 is 37.6 Å². The summed E-state index contributed by atoms with van der Waals surface area (Å²) in [5, 5.41) is 17.9. The zero-order valence-corrected chi connectivity index (χ0v) is 9.59. The molecule has 0 radical (unpaired) electrons. The highest BCUT2D eigenvalue weighted by Gasteiger charge is 2.10. The van der Waals surface area contributed by atoms with Crippen molar-refractivity contribution in [1.29, 1.82) is 0 Å². The van der Waals surface area contributed by atoms with Crippen LogP contribution in [-0.2, 0) is 0 Å². The van der Waals surface area contributed by atoms with Crippen LogP contribution >= 0.6 is 31.9 Å². The number of carbonyl (C=O) groups excluding carboxylic acids is 1. The predicted octanol–water partition coefficient (Wildman–Crippen LogP) is 2.09. The topological polar surface area (TPSA) is 57.5 Å². The highest BCUT2D eigenvalue weighted by Crippen LogP contribution is 2.33. The Morgan fingerprint density at radius 2 is 1.77 bits per heavy atom. The minimum absolute atomic E-state index is 0.0366. The fourth-order valence-electron chi connectivity index (χ4n) is 0.818. The molecule has 5 heteroatoms. The molecule has 0 amide bonds. The van der Waals surface area contributed by atoms with E-state index in [1.54, 1.807) is 0 Å². The van der Waals surface area contributed by atoms with Gasteiger partial charge in [-0.2, -0.15) is 0 Å². The van der Waals surface area contributed by atoms with Gasteiger partial charge in [0.1, 0.15) is 12.4 Å². The number of aliphatic hydroxyl groups excluding tert-OH is 1. The molecule has 0 atom stereocenters. The summed E-state index contributed by atoms with van der Waals surface area (Å²) in [6.45, 7) is -0.538. The van der Waals surface area contributed by atoms with Crippen molar-refractivity contribution in [2.24, 2.45) is 0 Å². The summed E-state index contributed by atoms with van der Waals surface area (Å²) < 4.78 is 0.831. The number of halogens is 2. The van der Waals surface area contributed by atoms with Gasteiger partial charge in [-0.1, -0.05) is 0 Å². The van der Waals surface area contributed by atoms with E-state index >= 15 is 0 Å². The molecule has 0 aliphatic heterocycles. The van der Waals surface area contributed by atoms with Crippen LogP contribution in [0, 0.1) is 0 Å². The van der Waals surface area contributed by atoms with Crippen molar-refractivity contribution in [2.45, 2.75) is 0 Å². The van der Waals surface area contributed by atoms with Crippen LogP contribution in [0.2, 0.25) is 0 Å². The Morgan fingerprint density at radius 1 is 1.31 bits per heavy atom. The molecule has 0 unspecified atom stereocenters. The van der Waals surface area contributed by atoms with E-state index in [4.69, 9.17) is 5.11 Å². The third-order valence-corrected chi connectivity index (χ3v) is 2.69. The average molecular weight is 310 g/mol. The fraction of sp³-hybridized carbons (Fsp3) is 0.125. The standard InChI is InChI=1S/C8H6Br2O3/c9-5-1-4(7(12)3-11)2-6(10)8(5)13/h1-2,11,13H,3H2. The summed E-state index contributed by atoms with van der Waals surface area (Å²) in [6.07, 6.45) is 0. The van der Waals surface area contributed by atoms with E-state index in [1.807, 2.05) is 0 Å². The number of hydrogen-bond acceptors (Lipinski definition) is 3. The minimum atomic E-state index is -0.538. The molecule has 2 N–H and O–H groups in total. The van der Waals surface area contributed by atoms with Crippen LogP contribution in [0.4, 0.5) is 0 Å². The van der Waals surface area contributed by atoms with Gasteiger partial charge in [0, 0.05) is 5.56 Å². The Hall–Kier alpha value is -0.390. The van der Waals surface area contributed by atoms with Crippen LogP contribution in [0.1, 0.15) is 10.4 Å². The second-order valence-corrected chi connectivity index (χ2v) is 4.08. The molecule has 0 heterocycles. The van der Waals surface area contributed by atoms with Crippen LogP contribution in [0.5, 0.6) is 5.75 Å². The monoisotopic (exact) mass is 308 g/mol. The Morgan fingerprint density at radius 3 is 2.15 bits per heavy atom. The molecule has 1 aromatic carbocycles. The number of hydrogen-bond donors (Lipinski definition) is 2. The van der Waals surface area contributed by atoms with E-state index in [0.717, 1.165) is 0 Å². The number of aliphatic hydroxyl groups is 1. The first-order chi connectivity index (χ1) is 6.06. The normalized spacial score (nSPS) is 10.1. The third kappa shape index (κ3) is 2.30. The van der Waals surface area contributed by atoms with Crippen LogP contribution in [0.3, 0.4) is 0 Å². The summed E-state index contributed by atoms with van der Waals surface area (Å²) in [7, 11) is 0. The van der Waals surface area contributed by atoms with Crippen LogP contribution in [0.25, 0.3) is 0 Å². The molecule has 0 saturated carbocycles. The van der Waals surface area contributed by atoms with E-state index in [0.29, 0.717) is 14.5 Å². The van der Waals surface area contributed by atoms with Gasteiger partial charge in [0.15, 0.2) is 5.78 Å². The molecule has 0 aliphatic rings. The molecule has 0 spiro atoms.